The maximum atomic E-state index is 11.3. The lowest BCUT2D eigenvalue weighted by Crippen LogP contribution is -1.98. The van der Waals surface area contributed by atoms with Crippen molar-refractivity contribution in [3.8, 4) is 0 Å². The zero-order valence-corrected chi connectivity index (χ0v) is 12.8. The number of hydrogen-bond acceptors (Lipinski definition) is 3. The lowest BCUT2D eigenvalue weighted by atomic mass is 10.1. The van der Waals surface area contributed by atoms with Gasteiger partial charge < -0.3 is 5.32 Å². The van der Waals surface area contributed by atoms with Crippen molar-refractivity contribution < 1.29 is 13.0 Å². The van der Waals surface area contributed by atoms with Crippen LogP contribution in [0, 0.1) is 6.92 Å². The Morgan fingerprint density at radius 1 is 0.955 bits per heavy atom. The van der Waals surface area contributed by atoms with Gasteiger partial charge in [-0.2, -0.15) is 8.42 Å². The van der Waals surface area contributed by atoms with Crippen LogP contribution in [0.2, 0.25) is 0 Å². The van der Waals surface area contributed by atoms with Crippen molar-refractivity contribution in [2.45, 2.75) is 11.8 Å². The van der Waals surface area contributed by atoms with Crippen molar-refractivity contribution in [3.63, 3.8) is 0 Å². The minimum Gasteiger partial charge on any atom is -0.355 e. The Labute approximate surface area is 129 Å². The van der Waals surface area contributed by atoms with Gasteiger partial charge in [-0.15, -0.1) is 0 Å². The highest BCUT2D eigenvalue weighted by molar-refractivity contribution is 7.85. The topological polar surface area (TPSA) is 66.4 Å². The van der Waals surface area contributed by atoms with Crippen molar-refractivity contribution >= 4 is 32.3 Å². The van der Waals surface area contributed by atoms with E-state index < -0.39 is 10.1 Å². The summed E-state index contributed by atoms with van der Waals surface area (Å²) in [6.07, 6.45) is 0. The van der Waals surface area contributed by atoms with Crippen LogP contribution in [-0.4, -0.2) is 13.0 Å². The fourth-order valence-electron chi connectivity index (χ4n) is 2.31. The summed E-state index contributed by atoms with van der Waals surface area (Å²) in [4.78, 5) is -0.113. The minimum atomic E-state index is -4.22. The van der Waals surface area contributed by atoms with Gasteiger partial charge in [0.2, 0.25) is 0 Å². The summed E-state index contributed by atoms with van der Waals surface area (Å²) < 4.78 is 31.8. The first-order chi connectivity index (χ1) is 10.4. The highest BCUT2D eigenvalue weighted by Gasteiger charge is 2.11. The number of hydrogen-bond donors (Lipinski definition) is 2. The van der Waals surface area contributed by atoms with Crippen LogP contribution >= 0.6 is 0 Å². The molecular formula is C17H15NO3S. The summed E-state index contributed by atoms with van der Waals surface area (Å²) in [5.74, 6) is 0. The second-order valence-corrected chi connectivity index (χ2v) is 6.58. The monoisotopic (exact) mass is 313 g/mol. The second kappa shape index (κ2) is 5.44. The van der Waals surface area contributed by atoms with E-state index in [1.807, 2.05) is 49.4 Å². The maximum Gasteiger partial charge on any atom is 0.294 e. The Bertz CT molecular complexity index is 932. The lowest BCUT2D eigenvalue weighted by Gasteiger charge is -2.11. The van der Waals surface area contributed by atoms with Gasteiger partial charge in [0.15, 0.2) is 0 Å². The van der Waals surface area contributed by atoms with Crippen molar-refractivity contribution in [1.82, 2.24) is 0 Å². The molecule has 0 spiro atoms. The van der Waals surface area contributed by atoms with Gasteiger partial charge in [-0.25, -0.2) is 0 Å². The van der Waals surface area contributed by atoms with Crippen molar-refractivity contribution in [3.05, 3.63) is 66.2 Å². The molecule has 0 atom stereocenters. The summed E-state index contributed by atoms with van der Waals surface area (Å²) in [6, 6.07) is 18.1. The molecule has 0 fully saturated rings. The molecule has 2 N–H and O–H groups in total. The zero-order valence-electron chi connectivity index (χ0n) is 11.9. The quantitative estimate of drug-likeness (QED) is 0.713. The molecule has 0 saturated heterocycles. The highest BCUT2D eigenvalue weighted by atomic mass is 32.2. The number of aryl methyl sites for hydroxylation is 1. The molecule has 0 aliphatic carbocycles. The zero-order chi connectivity index (χ0) is 15.7. The smallest absolute Gasteiger partial charge is 0.294 e. The molecule has 22 heavy (non-hydrogen) atoms. The van der Waals surface area contributed by atoms with Crippen LogP contribution < -0.4 is 5.32 Å². The third-order valence-corrected chi connectivity index (χ3v) is 4.33. The third kappa shape index (κ3) is 2.95. The van der Waals surface area contributed by atoms with Crippen molar-refractivity contribution in [1.29, 1.82) is 0 Å². The molecule has 0 aliphatic rings. The van der Waals surface area contributed by atoms with Gasteiger partial charge in [0.05, 0.1) is 4.90 Å². The van der Waals surface area contributed by atoms with Crippen LogP contribution in [-0.2, 0) is 10.1 Å². The van der Waals surface area contributed by atoms with E-state index in [4.69, 9.17) is 0 Å². The molecule has 0 bridgehead atoms. The van der Waals surface area contributed by atoms with Crippen molar-refractivity contribution in [2.24, 2.45) is 0 Å². The Morgan fingerprint density at radius 2 is 1.68 bits per heavy atom. The first kappa shape index (κ1) is 14.6. The molecule has 4 nitrogen and oxygen atoms in total. The standard InChI is InChI=1S/C17H15NO3S/c1-12-5-8-14(9-6-12)18-17-4-2-3-13-7-10-15(11-16(13)17)22(19,20)21/h2-11,18H,1H3,(H,19,20,21). The van der Waals surface area contributed by atoms with Gasteiger partial charge >= 0.3 is 0 Å². The molecule has 0 aromatic heterocycles. The van der Waals surface area contributed by atoms with E-state index in [2.05, 4.69) is 5.32 Å². The van der Waals surface area contributed by atoms with Gasteiger partial charge in [-0.05, 0) is 42.6 Å². The van der Waals surface area contributed by atoms with Gasteiger partial charge in [0.25, 0.3) is 10.1 Å². The van der Waals surface area contributed by atoms with E-state index in [-0.39, 0.29) is 4.90 Å². The fraction of sp³-hybridized carbons (Fsp3) is 0.0588. The summed E-state index contributed by atoms with van der Waals surface area (Å²) in [6.45, 7) is 2.01. The predicted octanol–water partition coefficient (Wildman–Crippen LogP) is 4.14. The summed E-state index contributed by atoms with van der Waals surface area (Å²) in [7, 11) is -4.22. The SMILES string of the molecule is Cc1ccc(Nc2cccc3ccc(S(=O)(=O)O)cc23)cc1. The van der Waals surface area contributed by atoms with Crippen LogP contribution in [0.25, 0.3) is 10.8 Å². The van der Waals surface area contributed by atoms with E-state index >= 15 is 0 Å². The number of fused-ring (bicyclic) bond motifs is 1. The van der Waals surface area contributed by atoms with Crippen LogP contribution in [0.3, 0.4) is 0 Å². The lowest BCUT2D eigenvalue weighted by molar-refractivity contribution is 0.483. The largest absolute Gasteiger partial charge is 0.355 e. The van der Waals surface area contributed by atoms with Gasteiger partial charge in [0.1, 0.15) is 0 Å². The molecule has 0 saturated carbocycles. The molecule has 3 aromatic rings. The Morgan fingerprint density at radius 3 is 2.36 bits per heavy atom. The normalized spacial score (nSPS) is 11.5. The average Bonchev–Trinajstić information content (AvgIpc) is 2.48. The molecule has 5 heteroatoms. The van der Waals surface area contributed by atoms with Crippen LogP contribution in [0.4, 0.5) is 11.4 Å². The summed E-state index contributed by atoms with van der Waals surface area (Å²) in [5, 5.41) is 4.90. The molecule has 3 rings (SSSR count). The van der Waals surface area contributed by atoms with E-state index in [9.17, 15) is 13.0 Å². The van der Waals surface area contributed by atoms with E-state index in [0.29, 0.717) is 0 Å². The third-order valence-electron chi connectivity index (χ3n) is 3.48. The van der Waals surface area contributed by atoms with Crippen LogP contribution in [0.1, 0.15) is 5.56 Å². The van der Waals surface area contributed by atoms with E-state index in [1.54, 1.807) is 6.07 Å². The number of rotatable bonds is 3. The van der Waals surface area contributed by atoms with Crippen LogP contribution in [0.5, 0.6) is 0 Å². The Balaban J connectivity index is 2.10. The molecule has 0 aliphatic heterocycles. The number of benzene rings is 3. The molecule has 0 amide bonds. The van der Waals surface area contributed by atoms with E-state index in [1.165, 1.54) is 12.1 Å². The molecule has 0 unspecified atom stereocenters. The van der Waals surface area contributed by atoms with Crippen molar-refractivity contribution in [2.75, 3.05) is 5.32 Å². The maximum absolute atomic E-state index is 11.3. The predicted molar refractivity (Wildman–Crippen MR) is 88.2 cm³/mol. The van der Waals surface area contributed by atoms with Gasteiger partial charge in [0, 0.05) is 16.8 Å². The number of anilines is 2. The second-order valence-electron chi connectivity index (χ2n) is 5.15. The Kier molecular flexibility index (Phi) is 3.60. The molecular weight excluding hydrogens is 298 g/mol. The Hall–Kier alpha value is -2.37. The molecule has 0 radical (unpaired) electrons. The molecule has 0 heterocycles. The highest BCUT2D eigenvalue weighted by Crippen LogP contribution is 2.28. The first-order valence-electron chi connectivity index (χ1n) is 6.77. The fourth-order valence-corrected chi connectivity index (χ4v) is 2.82. The number of nitrogens with one attached hydrogen (secondary N) is 1. The van der Waals surface area contributed by atoms with Gasteiger partial charge in [-0.1, -0.05) is 35.9 Å². The average molecular weight is 313 g/mol. The van der Waals surface area contributed by atoms with E-state index in [0.717, 1.165) is 27.7 Å². The van der Waals surface area contributed by atoms with Gasteiger partial charge in [-0.3, -0.25) is 4.55 Å². The first-order valence-corrected chi connectivity index (χ1v) is 8.21. The van der Waals surface area contributed by atoms with Crippen LogP contribution in [0.15, 0.2) is 65.6 Å². The molecule has 112 valence electrons. The molecule has 3 aromatic carbocycles. The minimum absolute atomic E-state index is 0.113. The summed E-state index contributed by atoms with van der Waals surface area (Å²) in [5.41, 5.74) is 2.86. The summed E-state index contributed by atoms with van der Waals surface area (Å²) >= 11 is 0.